The van der Waals surface area contributed by atoms with E-state index in [4.69, 9.17) is 9.47 Å². The van der Waals surface area contributed by atoms with Crippen molar-refractivity contribution in [3.63, 3.8) is 0 Å². The van der Waals surface area contributed by atoms with E-state index in [1.807, 2.05) is 13.0 Å². The van der Waals surface area contributed by atoms with E-state index in [-0.39, 0.29) is 6.61 Å². The Balaban J connectivity index is 1.95. The maximum Gasteiger partial charge on any atom is 0.122 e. The van der Waals surface area contributed by atoms with Gasteiger partial charge in [0, 0.05) is 13.5 Å². The predicted molar refractivity (Wildman–Crippen MR) is 83.9 cm³/mol. The number of aryl methyl sites for hydroxylation is 2. The number of aromatic nitrogens is 1. The van der Waals surface area contributed by atoms with Gasteiger partial charge in [0.15, 0.2) is 0 Å². The highest BCUT2D eigenvalue weighted by Crippen LogP contribution is 2.22. The van der Waals surface area contributed by atoms with Crippen molar-refractivity contribution < 1.29 is 14.6 Å². The summed E-state index contributed by atoms with van der Waals surface area (Å²) in [5.41, 5.74) is 3.15. The highest BCUT2D eigenvalue weighted by molar-refractivity contribution is 7.11. The topological polar surface area (TPSA) is 51.6 Å². The maximum atomic E-state index is 9.31. The molecule has 0 aliphatic rings. The van der Waals surface area contributed by atoms with Gasteiger partial charge in [-0.05, 0) is 31.0 Å². The Labute approximate surface area is 129 Å². The maximum absolute atomic E-state index is 9.31. The van der Waals surface area contributed by atoms with E-state index in [9.17, 15) is 5.11 Å². The van der Waals surface area contributed by atoms with Crippen LogP contribution in [-0.2, 0) is 24.4 Å². The van der Waals surface area contributed by atoms with Crippen molar-refractivity contribution in [1.29, 1.82) is 0 Å². The molecule has 1 aromatic heterocycles. The number of hydrogen-bond acceptors (Lipinski definition) is 5. The zero-order valence-corrected chi connectivity index (χ0v) is 13.5. The molecule has 0 saturated heterocycles. The van der Waals surface area contributed by atoms with Gasteiger partial charge >= 0.3 is 0 Å². The number of aliphatic hydroxyl groups excluding tert-OH is 1. The van der Waals surface area contributed by atoms with Gasteiger partial charge in [-0.25, -0.2) is 4.98 Å². The summed E-state index contributed by atoms with van der Waals surface area (Å²) in [4.78, 5) is 5.37. The van der Waals surface area contributed by atoms with Gasteiger partial charge in [-0.1, -0.05) is 12.1 Å². The first-order valence-electron chi connectivity index (χ1n) is 6.91. The van der Waals surface area contributed by atoms with Crippen molar-refractivity contribution >= 4 is 11.3 Å². The van der Waals surface area contributed by atoms with E-state index < -0.39 is 0 Å². The molecule has 0 saturated carbocycles. The standard InChI is InChI=1S/C16H21NO3S/c1-11-4-5-12(2)14(8-11)20-7-6-16-17-13(10-19-3)15(9-18)21-16/h4-5,8,18H,6-7,9-10H2,1-3H3. The van der Waals surface area contributed by atoms with Gasteiger partial charge < -0.3 is 14.6 Å². The largest absolute Gasteiger partial charge is 0.493 e. The highest BCUT2D eigenvalue weighted by Gasteiger charge is 2.10. The van der Waals surface area contributed by atoms with Crippen LogP contribution in [0.3, 0.4) is 0 Å². The van der Waals surface area contributed by atoms with E-state index in [1.54, 1.807) is 7.11 Å². The van der Waals surface area contributed by atoms with Crippen LogP contribution < -0.4 is 4.74 Å². The number of thiazole rings is 1. The molecule has 0 unspecified atom stereocenters. The molecule has 1 N–H and O–H groups in total. The van der Waals surface area contributed by atoms with Crippen LogP contribution >= 0.6 is 11.3 Å². The first-order chi connectivity index (χ1) is 10.1. The van der Waals surface area contributed by atoms with Crippen LogP contribution in [0.25, 0.3) is 0 Å². The number of hydrogen-bond donors (Lipinski definition) is 1. The van der Waals surface area contributed by atoms with Gasteiger partial charge in [-0.2, -0.15) is 0 Å². The van der Waals surface area contributed by atoms with Crippen LogP contribution in [-0.4, -0.2) is 23.8 Å². The summed E-state index contributed by atoms with van der Waals surface area (Å²) in [6.45, 7) is 5.12. The Kier molecular flexibility index (Phi) is 5.73. The molecule has 2 aromatic rings. The monoisotopic (exact) mass is 307 g/mol. The molecule has 1 heterocycles. The Morgan fingerprint density at radius 1 is 1.29 bits per heavy atom. The van der Waals surface area contributed by atoms with Gasteiger partial charge in [0.1, 0.15) is 5.75 Å². The minimum absolute atomic E-state index is 0.00814. The number of nitrogens with zero attached hydrogens (tertiary/aromatic N) is 1. The van der Waals surface area contributed by atoms with Crippen molar-refractivity contribution in [1.82, 2.24) is 4.98 Å². The van der Waals surface area contributed by atoms with Crippen LogP contribution in [0.15, 0.2) is 18.2 Å². The Hall–Kier alpha value is -1.43. The molecule has 0 bridgehead atoms. The van der Waals surface area contributed by atoms with Crippen LogP contribution in [0.2, 0.25) is 0 Å². The molecule has 0 aliphatic carbocycles. The van der Waals surface area contributed by atoms with Crippen LogP contribution in [0.1, 0.15) is 26.7 Å². The SMILES string of the molecule is COCc1nc(CCOc2cc(C)ccc2C)sc1CO. The second kappa shape index (κ2) is 7.54. The second-order valence-corrected chi connectivity index (χ2v) is 6.10. The molecule has 0 fully saturated rings. The van der Waals surface area contributed by atoms with E-state index in [1.165, 1.54) is 16.9 Å². The highest BCUT2D eigenvalue weighted by atomic mass is 32.1. The summed E-state index contributed by atoms with van der Waals surface area (Å²) in [6, 6.07) is 6.19. The minimum atomic E-state index is 0.00814. The first-order valence-corrected chi connectivity index (χ1v) is 7.73. The second-order valence-electron chi connectivity index (χ2n) is 4.94. The molecule has 0 atom stereocenters. The number of benzene rings is 1. The Bertz CT molecular complexity index is 595. The molecular formula is C16H21NO3S. The zero-order chi connectivity index (χ0) is 15.2. The van der Waals surface area contributed by atoms with E-state index in [0.29, 0.717) is 13.2 Å². The average Bonchev–Trinajstić information content (AvgIpc) is 2.85. The molecule has 0 spiro atoms. The van der Waals surface area contributed by atoms with Gasteiger partial charge in [0.25, 0.3) is 0 Å². The zero-order valence-electron chi connectivity index (χ0n) is 12.7. The molecule has 0 radical (unpaired) electrons. The fourth-order valence-electron chi connectivity index (χ4n) is 2.03. The molecule has 114 valence electrons. The number of aliphatic hydroxyl groups is 1. The van der Waals surface area contributed by atoms with Crippen molar-refractivity contribution in [2.24, 2.45) is 0 Å². The lowest BCUT2D eigenvalue weighted by molar-refractivity contribution is 0.178. The molecule has 2 rings (SSSR count). The molecule has 4 nitrogen and oxygen atoms in total. The van der Waals surface area contributed by atoms with Gasteiger partial charge in [-0.15, -0.1) is 11.3 Å². The van der Waals surface area contributed by atoms with Crippen molar-refractivity contribution in [2.75, 3.05) is 13.7 Å². The summed E-state index contributed by atoms with van der Waals surface area (Å²) in [6.07, 6.45) is 0.731. The van der Waals surface area contributed by atoms with Crippen LogP contribution in [0.4, 0.5) is 0 Å². The van der Waals surface area contributed by atoms with E-state index in [0.717, 1.165) is 33.3 Å². The lowest BCUT2D eigenvalue weighted by Crippen LogP contribution is -2.02. The van der Waals surface area contributed by atoms with Gasteiger partial charge in [0.2, 0.25) is 0 Å². The number of methoxy groups -OCH3 is 1. The van der Waals surface area contributed by atoms with Crippen molar-refractivity contribution in [2.45, 2.75) is 33.5 Å². The average molecular weight is 307 g/mol. The third-order valence-corrected chi connectivity index (χ3v) is 4.31. The molecular weight excluding hydrogens is 286 g/mol. The van der Waals surface area contributed by atoms with Crippen LogP contribution in [0, 0.1) is 13.8 Å². The summed E-state index contributed by atoms with van der Waals surface area (Å²) >= 11 is 1.52. The van der Waals surface area contributed by atoms with Crippen LogP contribution in [0.5, 0.6) is 5.75 Å². The molecule has 0 aliphatic heterocycles. The summed E-state index contributed by atoms with van der Waals surface area (Å²) in [7, 11) is 1.63. The summed E-state index contributed by atoms with van der Waals surface area (Å²) in [5, 5.41) is 10.3. The lowest BCUT2D eigenvalue weighted by Gasteiger charge is -2.08. The van der Waals surface area contributed by atoms with E-state index >= 15 is 0 Å². The molecule has 21 heavy (non-hydrogen) atoms. The van der Waals surface area contributed by atoms with E-state index in [2.05, 4.69) is 24.0 Å². The van der Waals surface area contributed by atoms with Crippen molar-refractivity contribution in [3.8, 4) is 5.75 Å². The smallest absolute Gasteiger partial charge is 0.122 e. The third kappa shape index (κ3) is 4.27. The summed E-state index contributed by atoms with van der Waals surface area (Å²) in [5.74, 6) is 0.922. The third-order valence-electron chi connectivity index (χ3n) is 3.16. The number of rotatable bonds is 7. The quantitative estimate of drug-likeness (QED) is 0.854. The Morgan fingerprint density at radius 2 is 2.10 bits per heavy atom. The molecule has 1 aromatic carbocycles. The molecule has 5 heteroatoms. The Morgan fingerprint density at radius 3 is 2.81 bits per heavy atom. The first kappa shape index (κ1) is 15.9. The summed E-state index contributed by atoms with van der Waals surface area (Å²) < 4.78 is 10.9. The fraction of sp³-hybridized carbons (Fsp3) is 0.438. The fourth-order valence-corrected chi connectivity index (χ4v) is 2.94. The van der Waals surface area contributed by atoms with Gasteiger partial charge in [0.05, 0.1) is 35.4 Å². The minimum Gasteiger partial charge on any atom is -0.493 e. The number of ether oxygens (including phenoxy) is 2. The van der Waals surface area contributed by atoms with Crippen molar-refractivity contribution in [3.05, 3.63) is 44.9 Å². The predicted octanol–water partition coefficient (Wildman–Crippen LogP) is 3.02. The normalized spacial score (nSPS) is 10.9. The molecule has 0 amide bonds. The van der Waals surface area contributed by atoms with Gasteiger partial charge in [-0.3, -0.25) is 0 Å². The lowest BCUT2D eigenvalue weighted by atomic mass is 10.1.